The average molecular weight is 225 g/mol. The van der Waals surface area contributed by atoms with Crippen LogP contribution >= 0.6 is 0 Å². The Hall–Kier alpha value is -2.09. The standard InChI is InChI=1S/C15H11FO/c1-10-2-3-12-9-15(17-14(12)8-10)11-4-6-13(16)7-5-11/h2-9H,1H3/i16-1. The van der Waals surface area contributed by atoms with Crippen LogP contribution in [0, 0.1) is 12.7 Å². The van der Waals surface area contributed by atoms with Gasteiger partial charge in [-0.3, -0.25) is 0 Å². The highest BCUT2D eigenvalue weighted by Gasteiger charge is 2.06. The van der Waals surface area contributed by atoms with Crippen LogP contribution in [0.25, 0.3) is 22.3 Å². The summed E-state index contributed by atoms with van der Waals surface area (Å²) in [6.45, 7) is 2.03. The van der Waals surface area contributed by atoms with Crippen molar-refractivity contribution in [3.8, 4) is 11.3 Å². The second kappa shape index (κ2) is 3.74. The molecule has 0 fully saturated rings. The molecule has 3 aromatic rings. The van der Waals surface area contributed by atoms with Crippen LogP contribution in [0.4, 0.5) is 4.39 Å². The van der Waals surface area contributed by atoms with Crippen LogP contribution in [0.15, 0.2) is 52.9 Å². The van der Waals surface area contributed by atoms with E-state index in [0.717, 1.165) is 27.9 Å². The summed E-state index contributed by atoms with van der Waals surface area (Å²) in [7, 11) is 0. The van der Waals surface area contributed by atoms with E-state index in [0.29, 0.717) is 0 Å². The van der Waals surface area contributed by atoms with Crippen molar-refractivity contribution in [1.29, 1.82) is 0 Å². The molecule has 0 spiro atoms. The van der Waals surface area contributed by atoms with E-state index in [1.807, 2.05) is 31.2 Å². The maximum absolute atomic E-state index is 12.8. The van der Waals surface area contributed by atoms with Gasteiger partial charge in [0.25, 0.3) is 0 Å². The second-order valence-electron chi connectivity index (χ2n) is 4.16. The zero-order valence-corrected chi connectivity index (χ0v) is 9.41. The molecule has 17 heavy (non-hydrogen) atoms. The van der Waals surface area contributed by atoms with Crippen LogP contribution in [-0.4, -0.2) is 0 Å². The minimum atomic E-state index is -0.235. The maximum atomic E-state index is 12.8. The van der Waals surface area contributed by atoms with E-state index in [4.69, 9.17) is 4.42 Å². The van der Waals surface area contributed by atoms with Crippen LogP contribution in [0.2, 0.25) is 0 Å². The zero-order chi connectivity index (χ0) is 11.8. The minimum absolute atomic E-state index is 0.235. The third-order valence-corrected chi connectivity index (χ3v) is 2.80. The first-order valence-electron chi connectivity index (χ1n) is 5.48. The molecular weight excluding hydrogens is 214 g/mol. The van der Waals surface area contributed by atoms with Crippen LogP contribution in [-0.2, 0) is 0 Å². The van der Waals surface area contributed by atoms with Crippen molar-refractivity contribution in [1.82, 2.24) is 0 Å². The van der Waals surface area contributed by atoms with Crippen LogP contribution in [0.3, 0.4) is 0 Å². The van der Waals surface area contributed by atoms with Crippen molar-refractivity contribution in [3.63, 3.8) is 0 Å². The fourth-order valence-corrected chi connectivity index (χ4v) is 1.89. The van der Waals surface area contributed by atoms with E-state index in [9.17, 15) is 4.39 Å². The summed E-state index contributed by atoms with van der Waals surface area (Å²) in [6.07, 6.45) is 0. The van der Waals surface area contributed by atoms with Crippen molar-refractivity contribution < 1.29 is 8.81 Å². The van der Waals surface area contributed by atoms with E-state index >= 15 is 0 Å². The Balaban J connectivity index is 2.14. The number of hydrogen-bond acceptors (Lipinski definition) is 1. The van der Waals surface area contributed by atoms with Gasteiger partial charge in [0.15, 0.2) is 0 Å². The Morgan fingerprint density at radius 1 is 0.941 bits per heavy atom. The molecule has 1 heterocycles. The van der Waals surface area contributed by atoms with E-state index in [1.54, 1.807) is 12.1 Å². The number of aryl methyl sites for hydroxylation is 1. The summed E-state index contributed by atoms with van der Waals surface area (Å²) in [4.78, 5) is 0. The SMILES string of the molecule is Cc1ccc2cc(-c3ccc([18F])cc3)oc2c1. The van der Waals surface area contributed by atoms with Gasteiger partial charge in [-0.15, -0.1) is 0 Å². The minimum Gasteiger partial charge on any atom is -0.456 e. The van der Waals surface area contributed by atoms with E-state index in [-0.39, 0.29) is 5.82 Å². The fraction of sp³-hybridized carbons (Fsp3) is 0.0667. The fourth-order valence-electron chi connectivity index (χ4n) is 1.89. The number of benzene rings is 2. The lowest BCUT2D eigenvalue weighted by atomic mass is 10.1. The first kappa shape index (κ1) is 10.1. The van der Waals surface area contributed by atoms with Crippen molar-refractivity contribution in [2.24, 2.45) is 0 Å². The molecule has 0 aliphatic carbocycles. The monoisotopic (exact) mass is 225 g/mol. The molecule has 2 aromatic carbocycles. The number of fused-ring (bicyclic) bond motifs is 1. The summed E-state index contributed by atoms with van der Waals surface area (Å²) in [5.41, 5.74) is 2.92. The molecule has 0 unspecified atom stereocenters. The highest BCUT2D eigenvalue weighted by molar-refractivity contribution is 5.83. The molecular formula is C15H11FO. The largest absolute Gasteiger partial charge is 0.456 e. The van der Waals surface area contributed by atoms with Crippen molar-refractivity contribution >= 4 is 11.0 Å². The van der Waals surface area contributed by atoms with Crippen LogP contribution < -0.4 is 0 Å². The first-order chi connectivity index (χ1) is 8.22. The highest BCUT2D eigenvalue weighted by atomic mass is 18.2. The highest BCUT2D eigenvalue weighted by Crippen LogP contribution is 2.28. The molecule has 84 valence electrons. The van der Waals surface area contributed by atoms with Gasteiger partial charge in [-0.25, -0.2) is 4.39 Å². The van der Waals surface area contributed by atoms with Gasteiger partial charge in [0.05, 0.1) is 0 Å². The summed E-state index contributed by atoms with van der Waals surface area (Å²) >= 11 is 0. The van der Waals surface area contributed by atoms with Crippen molar-refractivity contribution in [3.05, 3.63) is 59.9 Å². The van der Waals surface area contributed by atoms with E-state index in [2.05, 4.69) is 0 Å². The van der Waals surface area contributed by atoms with Gasteiger partial charge < -0.3 is 4.42 Å². The Bertz CT molecular complexity index is 665. The van der Waals surface area contributed by atoms with Gasteiger partial charge >= 0.3 is 0 Å². The Morgan fingerprint density at radius 2 is 1.71 bits per heavy atom. The zero-order valence-electron chi connectivity index (χ0n) is 9.41. The molecule has 0 bridgehead atoms. The quantitative estimate of drug-likeness (QED) is 0.592. The summed E-state index contributed by atoms with van der Waals surface area (Å²) in [5.74, 6) is 0.534. The van der Waals surface area contributed by atoms with Gasteiger partial charge in [-0.05, 0) is 48.9 Å². The molecule has 1 aromatic heterocycles. The van der Waals surface area contributed by atoms with Gasteiger partial charge in [0.1, 0.15) is 17.2 Å². The molecule has 0 saturated carbocycles. The van der Waals surface area contributed by atoms with Crippen LogP contribution in [0.1, 0.15) is 5.56 Å². The number of rotatable bonds is 1. The van der Waals surface area contributed by atoms with Gasteiger partial charge in [-0.1, -0.05) is 12.1 Å². The Kier molecular flexibility index (Phi) is 2.22. The topological polar surface area (TPSA) is 13.1 Å². The molecule has 1 nitrogen and oxygen atoms in total. The van der Waals surface area contributed by atoms with E-state index < -0.39 is 0 Å². The van der Waals surface area contributed by atoms with Gasteiger partial charge in [0, 0.05) is 10.9 Å². The average Bonchev–Trinajstić information content (AvgIpc) is 2.72. The maximum Gasteiger partial charge on any atom is 0.135 e. The number of furan rings is 1. The van der Waals surface area contributed by atoms with Crippen LogP contribution in [0.5, 0.6) is 0 Å². The molecule has 0 radical (unpaired) electrons. The first-order valence-corrected chi connectivity index (χ1v) is 5.48. The Morgan fingerprint density at radius 3 is 2.47 bits per heavy atom. The van der Waals surface area contributed by atoms with Crippen molar-refractivity contribution in [2.45, 2.75) is 6.92 Å². The second-order valence-corrected chi connectivity index (χ2v) is 4.16. The third kappa shape index (κ3) is 1.82. The Labute approximate surface area is 98.5 Å². The van der Waals surface area contributed by atoms with Gasteiger partial charge in [0.2, 0.25) is 0 Å². The smallest absolute Gasteiger partial charge is 0.135 e. The third-order valence-electron chi connectivity index (χ3n) is 2.80. The molecule has 0 aliphatic rings. The van der Waals surface area contributed by atoms with Gasteiger partial charge in [-0.2, -0.15) is 0 Å². The lowest BCUT2D eigenvalue weighted by molar-refractivity contribution is 0.623. The van der Waals surface area contributed by atoms with Crippen molar-refractivity contribution in [2.75, 3.05) is 0 Å². The molecule has 2 heteroatoms. The predicted octanol–water partition coefficient (Wildman–Crippen LogP) is 4.55. The predicted molar refractivity (Wildman–Crippen MR) is 66.3 cm³/mol. The molecule has 0 N–H and O–H groups in total. The number of hydrogen-bond donors (Lipinski definition) is 0. The number of halogens is 1. The normalized spacial score (nSPS) is 10.9. The lowest BCUT2D eigenvalue weighted by Crippen LogP contribution is -1.74. The summed E-state index contributed by atoms with van der Waals surface area (Å²) in [5, 5.41) is 1.06. The molecule has 0 amide bonds. The summed E-state index contributed by atoms with van der Waals surface area (Å²) < 4.78 is 18.6. The lowest BCUT2D eigenvalue weighted by Gasteiger charge is -1.95. The molecule has 0 atom stereocenters. The molecule has 3 rings (SSSR count). The summed E-state index contributed by atoms with van der Waals surface area (Å²) in [6, 6.07) is 14.4. The molecule has 0 saturated heterocycles. The van der Waals surface area contributed by atoms with E-state index in [1.165, 1.54) is 12.1 Å². The molecule has 0 aliphatic heterocycles.